The van der Waals surface area contributed by atoms with Gasteiger partial charge in [-0.1, -0.05) is 18.2 Å². The van der Waals surface area contributed by atoms with Crippen LogP contribution in [-0.2, 0) is 6.42 Å². The summed E-state index contributed by atoms with van der Waals surface area (Å²) in [5, 5.41) is 0. The highest BCUT2D eigenvalue weighted by Gasteiger charge is 2.06. The van der Waals surface area contributed by atoms with Gasteiger partial charge in [0.2, 0.25) is 0 Å². The molecule has 20 heavy (non-hydrogen) atoms. The topological polar surface area (TPSA) is 54.7 Å². The van der Waals surface area contributed by atoms with Gasteiger partial charge in [0.05, 0.1) is 11.0 Å². The molecule has 0 spiro atoms. The van der Waals surface area contributed by atoms with E-state index in [1.807, 2.05) is 37.3 Å². The molecule has 0 amide bonds. The maximum Gasteiger partial charge on any atom is 0.192 e. The van der Waals surface area contributed by atoms with Gasteiger partial charge < -0.3 is 9.40 Å². The van der Waals surface area contributed by atoms with Crippen molar-refractivity contribution >= 4 is 22.1 Å². The minimum absolute atomic E-state index is 0.695. The molecule has 0 aliphatic carbocycles. The molecule has 4 rings (SSSR count). The van der Waals surface area contributed by atoms with E-state index >= 15 is 0 Å². The summed E-state index contributed by atoms with van der Waals surface area (Å²) in [5.41, 5.74) is 4.97. The van der Waals surface area contributed by atoms with Gasteiger partial charge in [-0.2, -0.15) is 0 Å². The van der Waals surface area contributed by atoms with Gasteiger partial charge in [-0.25, -0.2) is 9.97 Å². The fourth-order valence-electron chi connectivity index (χ4n) is 2.48. The van der Waals surface area contributed by atoms with Crippen LogP contribution in [0.25, 0.3) is 22.1 Å². The standard InChI is InChI=1S/C16H13N3O/c1-10-17-14-8-11(6-7-15(14)20-10)9-16-18-12-4-2-3-5-13(12)19-16/h2-8H,9H2,1H3,(H,18,19). The summed E-state index contributed by atoms with van der Waals surface area (Å²) in [5.74, 6) is 1.66. The van der Waals surface area contributed by atoms with Crippen molar-refractivity contribution in [2.75, 3.05) is 0 Å². The number of hydrogen-bond donors (Lipinski definition) is 1. The highest BCUT2D eigenvalue weighted by atomic mass is 16.3. The van der Waals surface area contributed by atoms with Gasteiger partial charge >= 0.3 is 0 Å². The first kappa shape index (κ1) is 11.2. The second-order valence-corrected chi connectivity index (χ2v) is 4.91. The molecule has 98 valence electrons. The molecule has 0 atom stereocenters. The SMILES string of the molecule is Cc1nc2cc(Cc3nc4ccccc4[nH]3)ccc2o1. The van der Waals surface area contributed by atoms with Crippen LogP contribution in [0.4, 0.5) is 0 Å². The number of nitrogens with zero attached hydrogens (tertiary/aromatic N) is 2. The summed E-state index contributed by atoms with van der Waals surface area (Å²) in [6.45, 7) is 1.86. The number of hydrogen-bond acceptors (Lipinski definition) is 3. The van der Waals surface area contributed by atoms with Crippen LogP contribution in [0, 0.1) is 6.92 Å². The quantitative estimate of drug-likeness (QED) is 0.601. The summed E-state index contributed by atoms with van der Waals surface area (Å²) >= 11 is 0. The van der Waals surface area contributed by atoms with E-state index in [0.29, 0.717) is 5.89 Å². The van der Waals surface area contributed by atoms with E-state index in [2.05, 4.69) is 27.1 Å². The Bertz CT molecular complexity index is 871. The van der Waals surface area contributed by atoms with Gasteiger partial charge in [0, 0.05) is 13.3 Å². The Balaban J connectivity index is 1.72. The van der Waals surface area contributed by atoms with Gasteiger partial charge in [-0.05, 0) is 29.8 Å². The Hall–Kier alpha value is -2.62. The Labute approximate surface area is 115 Å². The van der Waals surface area contributed by atoms with Crippen molar-refractivity contribution in [3.8, 4) is 0 Å². The second kappa shape index (κ2) is 4.20. The maximum atomic E-state index is 5.49. The molecule has 4 nitrogen and oxygen atoms in total. The Morgan fingerprint density at radius 1 is 1.05 bits per heavy atom. The molecule has 0 aliphatic rings. The molecule has 2 aromatic heterocycles. The average Bonchev–Trinajstić information content (AvgIpc) is 2.99. The third kappa shape index (κ3) is 1.86. The molecule has 0 unspecified atom stereocenters. The molecule has 1 N–H and O–H groups in total. The molecule has 0 saturated carbocycles. The molecule has 0 fully saturated rings. The zero-order valence-electron chi connectivity index (χ0n) is 11.1. The summed E-state index contributed by atoms with van der Waals surface area (Å²) < 4.78 is 5.49. The minimum atomic E-state index is 0.695. The van der Waals surface area contributed by atoms with Crippen molar-refractivity contribution in [3.05, 3.63) is 59.7 Å². The number of benzene rings is 2. The van der Waals surface area contributed by atoms with Crippen LogP contribution in [0.2, 0.25) is 0 Å². The number of H-pyrrole nitrogens is 1. The predicted octanol–water partition coefficient (Wildman–Crippen LogP) is 3.60. The van der Waals surface area contributed by atoms with E-state index in [-0.39, 0.29) is 0 Å². The third-order valence-corrected chi connectivity index (χ3v) is 3.37. The number of fused-ring (bicyclic) bond motifs is 2. The molecule has 0 aliphatic heterocycles. The molecular weight excluding hydrogens is 250 g/mol. The van der Waals surface area contributed by atoms with Crippen LogP contribution in [0.15, 0.2) is 46.9 Å². The van der Waals surface area contributed by atoms with E-state index in [1.54, 1.807) is 0 Å². The van der Waals surface area contributed by atoms with E-state index in [4.69, 9.17) is 4.42 Å². The summed E-state index contributed by atoms with van der Waals surface area (Å²) in [7, 11) is 0. The normalized spacial score (nSPS) is 11.4. The fraction of sp³-hybridized carbons (Fsp3) is 0.125. The molecule has 0 bridgehead atoms. The van der Waals surface area contributed by atoms with Crippen LogP contribution in [0.3, 0.4) is 0 Å². The number of aromatic nitrogens is 3. The lowest BCUT2D eigenvalue weighted by Gasteiger charge is -1.97. The van der Waals surface area contributed by atoms with Crippen molar-refractivity contribution in [2.45, 2.75) is 13.3 Å². The lowest BCUT2D eigenvalue weighted by Crippen LogP contribution is -1.90. The monoisotopic (exact) mass is 263 g/mol. The molecule has 0 saturated heterocycles. The van der Waals surface area contributed by atoms with Crippen LogP contribution in [0.5, 0.6) is 0 Å². The Kier molecular flexibility index (Phi) is 2.36. The number of imidazole rings is 1. The third-order valence-electron chi connectivity index (χ3n) is 3.37. The van der Waals surface area contributed by atoms with Crippen LogP contribution in [-0.4, -0.2) is 15.0 Å². The molecule has 2 heterocycles. The maximum absolute atomic E-state index is 5.49. The zero-order valence-corrected chi connectivity index (χ0v) is 11.1. The van der Waals surface area contributed by atoms with Crippen molar-refractivity contribution in [1.82, 2.24) is 15.0 Å². The Morgan fingerprint density at radius 3 is 2.85 bits per heavy atom. The number of aryl methyl sites for hydroxylation is 1. The Morgan fingerprint density at radius 2 is 1.95 bits per heavy atom. The van der Waals surface area contributed by atoms with Crippen molar-refractivity contribution in [3.63, 3.8) is 0 Å². The van der Waals surface area contributed by atoms with Crippen molar-refractivity contribution in [1.29, 1.82) is 0 Å². The van der Waals surface area contributed by atoms with Gasteiger partial charge in [-0.15, -0.1) is 0 Å². The summed E-state index contributed by atoms with van der Waals surface area (Å²) in [6, 6.07) is 14.1. The first-order chi connectivity index (χ1) is 9.78. The summed E-state index contributed by atoms with van der Waals surface area (Å²) in [4.78, 5) is 12.3. The van der Waals surface area contributed by atoms with Crippen LogP contribution < -0.4 is 0 Å². The molecule has 2 aromatic carbocycles. The van der Waals surface area contributed by atoms with E-state index < -0.39 is 0 Å². The predicted molar refractivity (Wildman–Crippen MR) is 77.6 cm³/mol. The first-order valence-corrected chi connectivity index (χ1v) is 6.58. The van der Waals surface area contributed by atoms with Gasteiger partial charge in [0.15, 0.2) is 11.5 Å². The average molecular weight is 263 g/mol. The minimum Gasteiger partial charge on any atom is -0.441 e. The number of para-hydroxylation sites is 2. The van der Waals surface area contributed by atoms with Crippen LogP contribution >= 0.6 is 0 Å². The highest BCUT2D eigenvalue weighted by Crippen LogP contribution is 2.19. The molecule has 4 aromatic rings. The van der Waals surface area contributed by atoms with Crippen LogP contribution in [0.1, 0.15) is 17.3 Å². The van der Waals surface area contributed by atoms with Gasteiger partial charge in [0.25, 0.3) is 0 Å². The number of nitrogens with one attached hydrogen (secondary N) is 1. The second-order valence-electron chi connectivity index (χ2n) is 4.91. The lowest BCUT2D eigenvalue weighted by molar-refractivity contribution is 0.561. The molecule has 4 heteroatoms. The first-order valence-electron chi connectivity index (χ1n) is 6.58. The van der Waals surface area contributed by atoms with Gasteiger partial charge in [0.1, 0.15) is 11.3 Å². The number of rotatable bonds is 2. The lowest BCUT2D eigenvalue weighted by atomic mass is 10.1. The van der Waals surface area contributed by atoms with E-state index in [0.717, 1.165) is 34.4 Å². The van der Waals surface area contributed by atoms with E-state index in [9.17, 15) is 0 Å². The van der Waals surface area contributed by atoms with Crippen molar-refractivity contribution in [2.24, 2.45) is 0 Å². The molecule has 0 radical (unpaired) electrons. The summed E-state index contributed by atoms with van der Waals surface area (Å²) in [6.07, 6.45) is 0.760. The molecular formula is C16H13N3O. The largest absolute Gasteiger partial charge is 0.441 e. The zero-order chi connectivity index (χ0) is 13.5. The van der Waals surface area contributed by atoms with Crippen molar-refractivity contribution < 1.29 is 4.42 Å². The highest BCUT2D eigenvalue weighted by molar-refractivity contribution is 5.75. The fourth-order valence-corrected chi connectivity index (χ4v) is 2.48. The number of aromatic amines is 1. The smallest absolute Gasteiger partial charge is 0.192 e. The van der Waals surface area contributed by atoms with Gasteiger partial charge in [-0.3, -0.25) is 0 Å². The van der Waals surface area contributed by atoms with E-state index in [1.165, 1.54) is 5.56 Å². The number of oxazole rings is 1.